The molecule has 17 heavy (non-hydrogen) atoms. The first kappa shape index (κ1) is 11.9. The molecule has 1 aromatic heterocycles. The summed E-state index contributed by atoms with van der Waals surface area (Å²) in [5.74, 6) is -1.61. The predicted molar refractivity (Wildman–Crippen MR) is 63.4 cm³/mol. The molecule has 0 saturated carbocycles. The number of benzene rings is 1. The van der Waals surface area contributed by atoms with Crippen molar-refractivity contribution in [3.63, 3.8) is 0 Å². The van der Waals surface area contributed by atoms with E-state index in [2.05, 4.69) is 0 Å². The van der Waals surface area contributed by atoms with Crippen molar-refractivity contribution in [2.75, 3.05) is 0 Å². The van der Waals surface area contributed by atoms with E-state index in [4.69, 9.17) is 0 Å². The highest BCUT2D eigenvalue weighted by Crippen LogP contribution is 2.20. The highest BCUT2D eigenvalue weighted by molar-refractivity contribution is 7.14. The number of ketones is 1. The summed E-state index contributed by atoms with van der Waals surface area (Å²) < 4.78 is 26.7. The lowest BCUT2D eigenvalue weighted by molar-refractivity contribution is 0.0994. The monoisotopic (exact) mass is 252 g/mol. The van der Waals surface area contributed by atoms with Crippen molar-refractivity contribution in [1.29, 1.82) is 0 Å². The molecule has 0 aliphatic rings. The van der Waals surface area contributed by atoms with Crippen LogP contribution in [-0.2, 0) is 6.42 Å². The lowest BCUT2D eigenvalue weighted by Gasteiger charge is -2.02. The van der Waals surface area contributed by atoms with Gasteiger partial charge in [0.2, 0.25) is 0 Å². The van der Waals surface area contributed by atoms with Gasteiger partial charge < -0.3 is 0 Å². The maximum absolute atomic E-state index is 13.3. The van der Waals surface area contributed by atoms with E-state index >= 15 is 0 Å². The predicted octanol–water partition coefficient (Wildman–Crippen LogP) is 3.76. The van der Waals surface area contributed by atoms with Crippen LogP contribution < -0.4 is 0 Å². The summed E-state index contributed by atoms with van der Waals surface area (Å²) in [4.78, 5) is 13.3. The number of carbonyl (C=O) groups is 1. The first-order valence-corrected chi connectivity index (χ1v) is 5.92. The summed E-state index contributed by atoms with van der Waals surface area (Å²) in [6, 6.07) is 7.10. The molecule has 2 rings (SSSR count). The fourth-order valence-corrected chi connectivity index (χ4v) is 2.34. The molecule has 1 aromatic carbocycles. The summed E-state index contributed by atoms with van der Waals surface area (Å²) >= 11 is 1.33. The average molecular weight is 252 g/mol. The number of hydrogen-bond donors (Lipinski definition) is 0. The summed E-state index contributed by atoms with van der Waals surface area (Å²) in [6.07, 6.45) is -0.238. The Morgan fingerprint density at radius 2 is 1.82 bits per heavy atom. The van der Waals surface area contributed by atoms with Crippen LogP contribution in [0.25, 0.3) is 0 Å². The van der Waals surface area contributed by atoms with E-state index < -0.39 is 11.6 Å². The van der Waals surface area contributed by atoms with Crippen LogP contribution >= 0.6 is 11.3 Å². The molecule has 0 spiro atoms. The Morgan fingerprint density at radius 1 is 1.18 bits per heavy atom. The topological polar surface area (TPSA) is 17.1 Å². The van der Waals surface area contributed by atoms with Crippen molar-refractivity contribution in [2.45, 2.75) is 13.3 Å². The maximum atomic E-state index is 13.3. The molecular weight excluding hydrogens is 242 g/mol. The van der Waals surface area contributed by atoms with Gasteiger partial charge in [0.1, 0.15) is 11.6 Å². The van der Waals surface area contributed by atoms with Crippen molar-refractivity contribution in [3.05, 3.63) is 57.3 Å². The number of hydrogen-bond acceptors (Lipinski definition) is 2. The molecule has 0 bridgehead atoms. The number of halogens is 2. The maximum Gasteiger partial charge on any atom is 0.177 e. The first-order chi connectivity index (χ1) is 8.08. The van der Waals surface area contributed by atoms with Crippen molar-refractivity contribution in [1.82, 2.24) is 0 Å². The van der Waals surface area contributed by atoms with Gasteiger partial charge in [-0.1, -0.05) is 6.07 Å². The van der Waals surface area contributed by atoms with Gasteiger partial charge in [-0.05, 0) is 31.2 Å². The van der Waals surface area contributed by atoms with Crippen molar-refractivity contribution in [2.24, 2.45) is 0 Å². The van der Waals surface area contributed by atoms with E-state index in [0.717, 1.165) is 17.0 Å². The third-order valence-corrected chi connectivity index (χ3v) is 3.46. The molecule has 0 aliphatic heterocycles. The molecule has 0 N–H and O–H groups in total. The van der Waals surface area contributed by atoms with Crippen molar-refractivity contribution in [3.8, 4) is 0 Å². The number of Topliss-reactive ketones (excluding diaryl/α,β-unsaturated/α-hetero) is 1. The van der Waals surface area contributed by atoms with E-state index in [0.29, 0.717) is 4.88 Å². The normalized spacial score (nSPS) is 10.5. The zero-order valence-corrected chi connectivity index (χ0v) is 9.98. The summed E-state index contributed by atoms with van der Waals surface area (Å²) in [5, 5.41) is 0. The highest BCUT2D eigenvalue weighted by atomic mass is 32.1. The fourth-order valence-electron chi connectivity index (χ4n) is 1.53. The smallest absolute Gasteiger partial charge is 0.177 e. The summed E-state index contributed by atoms with van der Waals surface area (Å²) in [7, 11) is 0. The molecule has 0 radical (unpaired) electrons. The number of aryl methyl sites for hydroxylation is 1. The Hall–Kier alpha value is -1.55. The van der Waals surface area contributed by atoms with Crippen LogP contribution in [-0.4, -0.2) is 5.78 Å². The number of thiophene rings is 1. The number of rotatable bonds is 3. The van der Waals surface area contributed by atoms with Gasteiger partial charge in [-0.25, -0.2) is 8.78 Å². The zero-order valence-electron chi connectivity index (χ0n) is 9.17. The lowest BCUT2D eigenvalue weighted by Crippen LogP contribution is -2.05. The minimum Gasteiger partial charge on any atom is -0.293 e. The standard InChI is InChI=1S/C13H10F2OS/c1-8-5-6-13(17-8)12(16)7-9-10(14)3-2-4-11(9)15/h2-6H,7H2,1H3. The van der Waals surface area contributed by atoms with Gasteiger partial charge in [0.15, 0.2) is 5.78 Å². The first-order valence-electron chi connectivity index (χ1n) is 5.10. The Bertz CT molecular complexity index is 540. The quantitative estimate of drug-likeness (QED) is 0.760. The molecule has 0 atom stereocenters. The van der Waals surface area contributed by atoms with Gasteiger partial charge in [0.25, 0.3) is 0 Å². The lowest BCUT2D eigenvalue weighted by atomic mass is 10.1. The Morgan fingerprint density at radius 3 is 2.35 bits per heavy atom. The van der Waals surface area contributed by atoms with Crippen molar-refractivity contribution >= 4 is 17.1 Å². The third-order valence-electron chi connectivity index (χ3n) is 2.41. The van der Waals surface area contributed by atoms with E-state index in [-0.39, 0.29) is 17.8 Å². The Balaban J connectivity index is 2.24. The molecule has 1 heterocycles. The molecular formula is C13H10F2OS. The van der Waals surface area contributed by atoms with Crippen LogP contribution in [0.1, 0.15) is 20.1 Å². The molecule has 0 unspecified atom stereocenters. The largest absolute Gasteiger partial charge is 0.293 e. The van der Waals surface area contributed by atoms with E-state index in [1.807, 2.05) is 13.0 Å². The Labute approximate surface area is 102 Å². The van der Waals surface area contributed by atoms with Gasteiger partial charge in [-0.3, -0.25) is 4.79 Å². The van der Waals surface area contributed by atoms with Crippen LogP contribution in [0.15, 0.2) is 30.3 Å². The van der Waals surface area contributed by atoms with Gasteiger partial charge in [0.05, 0.1) is 4.88 Å². The second-order valence-corrected chi connectivity index (χ2v) is 5.00. The average Bonchev–Trinajstić information content (AvgIpc) is 2.70. The molecule has 0 saturated heterocycles. The van der Waals surface area contributed by atoms with Crippen LogP contribution in [0.4, 0.5) is 8.78 Å². The van der Waals surface area contributed by atoms with Crippen LogP contribution in [0.5, 0.6) is 0 Å². The second kappa shape index (κ2) is 4.75. The van der Waals surface area contributed by atoms with Crippen molar-refractivity contribution < 1.29 is 13.6 Å². The summed E-state index contributed by atoms with van der Waals surface area (Å²) in [5.41, 5.74) is -0.163. The molecule has 0 amide bonds. The fraction of sp³-hybridized carbons (Fsp3) is 0.154. The summed E-state index contributed by atoms with van der Waals surface area (Å²) in [6.45, 7) is 1.88. The molecule has 0 aliphatic carbocycles. The van der Waals surface area contributed by atoms with E-state index in [9.17, 15) is 13.6 Å². The third kappa shape index (κ3) is 2.58. The van der Waals surface area contributed by atoms with Gasteiger partial charge in [-0.2, -0.15) is 0 Å². The minimum absolute atomic E-state index is 0.163. The zero-order chi connectivity index (χ0) is 12.4. The highest BCUT2D eigenvalue weighted by Gasteiger charge is 2.15. The molecule has 1 nitrogen and oxygen atoms in total. The van der Waals surface area contributed by atoms with Crippen LogP contribution in [0.2, 0.25) is 0 Å². The molecule has 88 valence electrons. The number of carbonyl (C=O) groups excluding carboxylic acids is 1. The van der Waals surface area contributed by atoms with Gasteiger partial charge in [0, 0.05) is 16.9 Å². The van der Waals surface area contributed by atoms with Crippen LogP contribution in [0, 0.1) is 18.6 Å². The van der Waals surface area contributed by atoms with Crippen LogP contribution in [0.3, 0.4) is 0 Å². The molecule has 4 heteroatoms. The van der Waals surface area contributed by atoms with E-state index in [1.165, 1.54) is 17.4 Å². The molecule has 2 aromatic rings. The SMILES string of the molecule is Cc1ccc(C(=O)Cc2c(F)cccc2F)s1. The minimum atomic E-state index is -0.674. The Kier molecular flexibility index (Phi) is 3.33. The van der Waals surface area contributed by atoms with Gasteiger partial charge in [-0.15, -0.1) is 11.3 Å². The second-order valence-electron chi connectivity index (χ2n) is 3.71. The van der Waals surface area contributed by atoms with Gasteiger partial charge >= 0.3 is 0 Å². The molecule has 0 fully saturated rings. The van der Waals surface area contributed by atoms with E-state index in [1.54, 1.807) is 6.07 Å².